The maximum absolute atomic E-state index is 12.5. The zero-order valence-electron chi connectivity index (χ0n) is 16.6. The topological polar surface area (TPSA) is 102 Å². The van der Waals surface area contributed by atoms with Crippen LogP contribution >= 0.6 is 0 Å². The van der Waals surface area contributed by atoms with Gasteiger partial charge in [0, 0.05) is 0 Å². The van der Waals surface area contributed by atoms with Crippen LogP contribution in [0.5, 0.6) is 0 Å². The van der Waals surface area contributed by atoms with Crippen LogP contribution in [0.1, 0.15) is 52.2 Å². The average molecular weight is 379 g/mol. The number of carbonyl (C=O) groups excluding carboxylic acids is 2. The predicted octanol–water partition coefficient (Wildman–Crippen LogP) is 3.30. The molecule has 0 heterocycles. The molecule has 0 aromatic heterocycles. The van der Waals surface area contributed by atoms with Gasteiger partial charge in [-0.2, -0.15) is 0 Å². The van der Waals surface area contributed by atoms with Gasteiger partial charge in [0.1, 0.15) is 18.2 Å². The fourth-order valence-corrected chi connectivity index (χ4v) is 2.28. The van der Waals surface area contributed by atoms with E-state index in [4.69, 9.17) is 14.6 Å². The van der Waals surface area contributed by atoms with Crippen LogP contribution in [0.3, 0.4) is 0 Å². The summed E-state index contributed by atoms with van der Waals surface area (Å²) in [5.41, 5.74) is 0.741. The zero-order chi connectivity index (χ0) is 20.6. The number of benzene rings is 1. The number of amides is 1. The monoisotopic (exact) mass is 379 g/mol. The van der Waals surface area contributed by atoms with Gasteiger partial charge in [0.25, 0.3) is 0 Å². The number of rotatable bonds is 8. The summed E-state index contributed by atoms with van der Waals surface area (Å²) in [6.07, 6.45) is -0.0436. The van der Waals surface area contributed by atoms with Gasteiger partial charge in [-0.1, -0.05) is 44.5 Å². The molecule has 0 radical (unpaired) electrons. The highest BCUT2D eigenvalue weighted by molar-refractivity contribution is 5.81. The molecular weight excluding hydrogens is 350 g/mol. The van der Waals surface area contributed by atoms with Gasteiger partial charge >= 0.3 is 18.0 Å². The Morgan fingerprint density at radius 3 is 2.15 bits per heavy atom. The van der Waals surface area contributed by atoms with E-state index in [0.29, 0.717) is 12.0 Å². The second-order valence-corrected chi connectivity index (χ2v) is 7.50. The first-order valence-electron chi connectivity index (χ1n) is 8.97. The number of nitrogens with one attached hydrogen (secondary N) is 1. The number of alkyl carbamates (subject to hydrolysis) is 1. The molecule has 1 rings (SSSR count). The van der Waals surface area contributed by atoms with Crippen molar-refractivity contribution in [3.63, 3.8) is 0 Å². The number of ether oxygens (including phenoxy) is 2. The summed E-state index contributed by atoms with van der Waals surface area (Å²) in [5.74, 6) is -1.56. The van der Waals surface area contributed by atoms with Crippen molar-refractivity contribution in [2.75, 3.05) is 0 Å². The Kier molecular flexibility index (Phi) is 8.28. The normalized spacial score (nSPS) is 13.4. The van der Waals surface area contributed by atoms with Crippen molar-refractivity contribution >= 4 is 18.0 Å². The summed E-state index contributed by atoms with van der Waals surface area (Å²) in [7, 11) is 0. The molecule has 7 heteroatoms. The van der Waals surface area contributed by atoms with Gasteiger partial charge in [0.05, 0.1) is 6.42 Å². The van der Waals surface area contributed by atoms with E-state index >= 15 is 0 Å². The maximum Gasteiger partial charge on any atom is 0.408 e. The van der Waals surface area contributed by atoms with E-state index < -0.39 is 29.7 Å². The summed E-state index contributed by atoms with van der Waals surface area (Å²) in [6.45, 7) is 9.05. The molecule has 0 saturated heterocycles. The Morgan fingerprint density at radius 1 is 1.11 bits per heavy atom. The van der Waals surface area contributed by atoms with Crippen molar-refractivity contribution < 1.29 is 29.0 Å². The van der Waals surface area contributed by atoms with Crippen molar-refractivity contribution in [2.45, 2.75) is 65.7 Å². The number of carbonyl (C=O) groups is 3. The number of esters is 1. The van der Waals surface area contributed by atoms with Gasteiger partial charge < -0.3 is 19.9 Å². The predicted molar refractivity (Wildman–Crippen MR) is 100 cm³/mol. The summed E-state index contributed by atoms with van der Waals surface area (Å²) < 4.78 is 10.6. The van der Waals surface area contributed by atoms with Crippen molar-refractivity contribution in [2.24, 2.45) is 5.92 Å². The number of carboxylic acid groups (broad SMARTS) is 1. The highest BCUT2D eigenvalue weighted by Gasteiger charge is 2.29. The van der Waals surface area contributed by atoms with E-state index in [-0.39, 0.29) is 18.9 Å². The quantitative estimate of drug-likeness (QED) is 0.672. The standard InChI is InChI=1S/C20H29NO6/c1-6-13(2)17(21-19(25)27-20(3,4)5)18(24)26-12-15-9-7-14(8-10-15)11-16(22)23/h7-10,13,17H,6,11-12H2,1-5H3,(H,21,25)(H,22,23). The van der Waals surface area contributed by atoms with Crippen molar-refractivity contribution in [3.05, 3.63) is 35.4 Å². The summed E-state index contributed by atoms with van der Waals surface area (Å²) >= 11 is 0. The van der Waals surface area contributed by atoms with E-state index in [1.54, 1.807) is 45.0 Å². The van der Waals surface area contributed by atoms with Gasteiger partial charge in [0.15, 0.2) is 0 Å². The molecular formula is C20H29NO6. The molecule has 0 spiro atoms. The molecule has 2 N–H and O–H groups in total. The molecule has 0 aliphatic heterocycles. The molecule has 1 amide bonds. The van der Waals surface area contributed by atoms with Crippen LogP contribution in [0.4, 0.5) is 4.79 Å². The molecule has 0 aliphatic rings. The van der Waals surface area contributed by atoms with E-state index in [9.17, 15) is 14.4 Å². The molecule has 0 aliphatic carbocycles. The smallest absolute Gasteiger partial charge is 0.408 e. The van der Waals surface area contributed by atoms with Gasteiger partial charge in [-0.3, -0.25) is 4.79 Å². The van der Waals surface area contributed by atoms with Crippen LogP contribution < -0.4 is 5.32 Å². The Bertz CT molecular complexity index is 647. The fraction of sp³-hybridized carbons (Fsp3) is 0.550. The number of hydrogen-bond acceptors (Lipinski definition) is 5. The molecule has 1 aromatic carbocycles. The van der Waals surface area contributed by atoms with Crippen LogP contribution in [-0.4, -0.2) is 34.8 Å². The second kappa shape index (κ2) is 9.94. The molecule has 0 bridgehead atoms. The number of hydrogen-bond donors (Lipinski definition) is 2. The fourth-order valence-electron chi connectivity index (χ4n) is 2.28. The molecule has 2 unspecified atom stereocenters. The Labute approximate surface area is 160 Å². The SMILES string of the molecule is CCC(C)C(NC(=O)OC(C)(C)C)C(=O)OCc1ccc(CC(=O)O)cc1. The summed E-state index contributed by atoms with van der Waals surface area (Å²) in [5, 5.41) is 11.4. The molecule has 0 saturated carbocycles. The first kappa shape index (κ1) is 22.5. The second-order valence-electron chi connectivity index (χ2n) is 7.50. The van der Waals surface area contributed by atoms with Crippen LogP contribution in [-0.2, 0) is 32.1 Å². The first-order chi connectivity index (χ1) is 12.5. The maximum atomic E-state index is 12.5. The Balaban J connectivity index is 2.68. The van der Waals surface area contributed by atoms with Gasteiger partial charge in [-0.05, 0) is 37.8 Å². The number of aliphatic carboxylic acids is 1. The minimum absolute atomic E-state index is 0.0368. The van der Waals surface area contributed by atoms with E-state index in [1.807, 2.05) is 13.8 Å². The molecule has 7 nitrogen and oxygen atoms in total. The van der Waals surface area contributed by atoms with Gasteiger partial charge in [0.2, 0.25) is 0 Å². The van der Waals surface area contributed by atoms with Crippen molar-refractivity contribution in [3.8, 4) is 0 Å². The molecule has 27 heavy (non-hydrogen) atoms. The molecule has 2 atom stereocenters. The lowest BCUT2D eigenvalue weighted by molar-refractivity contribution is -0.149. The third kappa shape index (κ3) is 8.57. The van der Waals surface area contributed by atoms with E-state index in [0.717, 1.165) is 5.56 Å². The molecule has 0 fully saturated rings. The lowest BCUT2D eigenvalue weighted by Crippen LogP contribution is -2.47. The molecule has 150 valence electrons. The average Bonchev–Trinajstić information content (AvgIpc) is 2.56. The minimum Gasteiger partial charge on any atom is -0.481 e. The van der Waals surface area contributed by atoms with E-state index in [1.165, 1.54) is 0 Å². The summed E-state index contributed by atoms with van der Waals surface area (Å²) in [6, 6.07) is 5.98. The van der Waals surface area contributed by atoms with Gasteiger partial charge in [-0.15, -0.1) is 0 Å². The van der Waals surface area contributed by atoms with Crippen LogP contribution in [0, 0.1) is 5.92 Å². The van der Waals surface area contributed by atoms with Crippen molar-refractivity contribution in [1.82, 2.24) is 5.32 Å². The highest BCUT2D eigenvalue weighted by Crippen LogP contribution is 2.14. The third-order valence-corrected chi connectivity index (χ3v) is 3.90. The lowest BCUT2D eigenvalue weighted by Gasteiger charge is -2.25. The lowest BCUT2D eigenvalue weighted by atomic mass is 9.99. The van der Waals surface area contributed by atoms with Gasteiger partial charge in [-0.25, -0.2) is 9.59 Å². The first-order valence-corrected chi connectivity index (χ1v) is 8.97. The Morgan fingerprint density at radius 2 is 1.67 bits per heavy atom. The molecule has 1 aromatic rings. The third-order valence-electron chi connectivity index (χ3n) is 3.90. The van der Waals surface area contributed by atoms with Crippen LogP contribution in [0.2, 0.25) is 0 Å². The number of carboxylic acids is 1. The highest BCUT2D eigenvalue weighted by atomic mass is 16.6. The Hall–Kier alpha value is -2.57. The largest absolute Gasteiger partial charge is 0.481 e. The van der Waals surface area contributed by atoms with Crippen molar-refractivity contribution in [1.29, 1.82) is 0 Å². The minimum atomic E-state index is -0.904. The zero-order valence-corrected chi connectivity index (χ0v) is 16.6. The van der Waals surface area contributed by atoms with Crippen LogP contribution in [0.15, 0.2) is 24.3 Å². The van der Waals surface area contributed by atoms with Crippen LogP contribution in [0.25, 0.3) is 0 Å². The summed E-state index contributed by atoms with van der Waals surface area (Å²) in [4.78, 5) is 35.2. The van der Waals surface area contributed by atoms with E-state index in [2.05, 4.69) is 5.32 Å².